The number of nitrogens with zero attached hydrogens (tertiary/aromatic N) is 4. The third kappa shape index (κ3) is 3.33. The Hall–Kier alpha value is -1.82. The lowest BCUT2D eigenvalue weighted by Crippen LogP contribution is -2.30. The minimum atomic E-state index is -0.985. The summed E-state index contributed by atoms with van der Waals surface area (Å²) in [5.41, 5.74) is -0.119. The predicted molar refractivity (Wildman–Crippen MR) is 63.2 cm³/mol. The lowest BCUT2D eigenvalue weighted by molar-refractivity contribution is 0.0586. The molecule has 0 fully saturated rings. The van der Waals surface area contributed by atoms with E-state index in [1.54, 1.807) is 26.1 Å². The van der Waals surface area contributed by atoms with Gasteiger partial charge in [-0.2, -0.15) is 4.80 Å². The van der Waals surface area contributed by atoms with Gasteiger partial charge in [-0.1, -0.05) is 12.1 Å². The van der Waals surface area contributed by atoms with Crippen molar-refractivity contribution in [1.29, 1.82) is 0 Å². The van der Waals surface area contributed by atoms with E-state index in [0.717, 1.165) is 5.56 Å². The molecule has 0 aliphatic carbocycles. The first kappa shape index (κ1) is 12.6. The standard InChI is InChI=1S/C12H15FN4O/c1-12(18,8-11-14-16-17(2)15-11)7-9-3-5-10(13)6-4-9/h3-6,18H,7-8H2,1-2H3. The fourth-order valence-electron chi connectivity index (χ4n) is 1.84. The Morgan fingerprint density at radius 2 is 1.94 bits per heavy atom. The molecule has 0 aliphatic heterocycles. The number of tetrazole rings is 1. The molecule has 1 atom stereocenters. The minimum absolute atomic E-state index is 0.283. The lowest BCUT2D eigenvalue weighted by Gasteiger charge is -2.21. The molecular formula is C12H15FN4O. The summed E-state index contributed by atoms with van der Waals surface area (Å²) in [6.45, 7) is 1.70. The van der Waals surface area contributed by atoms with Crippen LogP contribution in [0.4, 0.5) is 4.39 Å². The molecule has 0 saturated heterocycles. The van der Waals surface area contributed by atoms with Crippen LogP contribution in [0.1, 0.15) is 18.3 Å². The molecular weight excluding hydrogens is 235 g/mol. The number of rotatable bonds is 4. The SMILES string of the molecule is Cn1nnc(CC(C)(O)Cc2ccc(F)cc2)n1. The second-order valence-corrected chi connectivity index (χ2v) is 4.67. The molecule has 1 heterocycles. The first-order chi connectivity index (χ1) is 8.44. The molecule has 18 heavy (non-hydrogen) atoms. The smallest absolute Gasteiger partial charge is 0.177 e. The van der Waals surface area contributed by atoms with E-state index in [9.17, 15) is 9.50 Å². The number of aromatic nitrogens is 4. The van der Waals surface area contributed by atoms with E-state index in [1.807, 2.05) is 0 Å². The van der Waals surface area contributed by atoms with Gasteiger partial charge < -0.3 is 5.11 Å². The largest absolute Gasteiger partial charge is 0.389 e. The van der Waals surface area contributed by atoms with Gasteiger partial charge >= 0.3 is 0 Å². The van der Waals surface area contributed by atoms with E-state index in [1.165, 1.54) is 16.9 Å². The monoisotopic (exact) mass is 250 g/mol. The molecule has 0 aliphatic rings. The molecule has 5 nitrogen and oxygen atoms in total. The van der Waals surface area contributed by atoms with Crippen molar-refractivity contribution in [1.82, 2.24) is 20.2 Å². The number of aliphatic hydroxyl groups is 1. The fourth-order valence-corrected chi connectivity index (χ4v) is 1.84. The zero-order chi connectivity index (χ0) is 13.2. The van der Waals surface area contributed by atoms with Crippen LogP contribution < -0.4 is 0 Å². The maximum atomic E-state index is 12.8. The van der Waals surface area contributed by atoms with Crippen molar-refractivity contribution >= 4 is 0 Å². The third-order valence-corrected chi connectivity index (χ3v) is 2.59. The molecule has 96 valence electrons. The maximum absolute atomic E-state index is 12.8. The Bertz CT molecular complexity index is 521. The van der Waals surface area contributed by atoms with Gasteiger partial charge in [0.1, 0.15) is 5.82 Å². The van der Waals surface area contributed by atoms with Gasteiger partial charge in [-0.25, -0.2) is 4.39 Å². The van der Waals surface area contributed by atoms with Gasteiger partial charge in [0, 0.05) is 12.8 Å². The summed E-state index contributed by atoms with van der Waals surface area (Å²) in [7, 11) is 1.67. The molecule has 0 bridgehead atoms. The average Bonchev–Trinajstić information content (AvgIpc) is 2.66. The van der Waals surface area contributed by atoms with Crippen LogP contribution in [0, 0.1) is 5.82 Å². The van der Waals surface area contributed by atoms with E-state index in [0.29, 0.717) is 18.7 Å². The Morgan fingerprint density at radius 3 is 2.50 bits per heavy atom. The van der Waals surface area contributed by atoms with Crippen molar-refractivity contribution in [2.75, 3.05) is 0 Å². The topological polar surface area (TPSA) is 63.8 Å². The zero-order valence-corrected chi connectivity index (χ0v) is 10.3. The van der Waals surface area contributed by atoms with E-state index >= 15 is 0 Å². The second-order valence-electron chi connectivity index (χ2n) is 4.67. The van der Waals surface area contributed by atoms with Crippen LogP contribution in [0.2, 0.25) is 0 Å². The molecule has 0 saturated carbocycles. The van der Waals surface area contributed by atoms with E-state index in [4.69, 9.17) is 0 Å². The highest BCUT2D eigenvalue weighted by Crippen LogP contribution is 2.17. The van der Waals surface area contributed by atoms with Crippen molar-refractivity contribution in [3.63, 3.8) is 0 Å². The normalized spacial score (nSPS) is 14.4. The summed E-state index contributed by atoms with van der Waals surface area (Å²) in [5.74, 6) is 0.207. The van der Waals surface area contributed by atoms with Crippen LogP contribution in [0.15, 0.2) is 24.3 Å². The number of hydrogen-bond acceptors (Lipinski definition) is 4. The highest BCUT2D eigenvalue weighted by molar-refractivity contribution is 5.18. The molecule has 0 spiro atoms. The van der Waals surface area contributed by atoms with Crippen LogP contribution in [-0.2, 0) is 19.9 Å². The van der Waals surface area contributed by atoms with E-state index in [-0.39, 0.29) is 5.82 Å². The lowest BCUT2D eigenvalue weighted by atomic mass is 9.93. The van der Waals surface area contributed by atoms with Gasteiger partial charge in [0.2, 0.25) is 0 Å². The third-order valence-electron chi connectivity index (χ3n) is 2.59. The summed E-state index contributed by atoms with van der Waals surface area (Å²) < 4.78 is 12.8. The molecule has 0 amide bonds. The van der Waals surface area contributed by atoms with E-state index in [2.05, 4.69) is 15.4 Å². The molecule has 6 heteroatoms. The second kappa shape index (κ2) is 4.81. The summed E-state index contributed by atoms with van der Waals surface area (Å²) in [6, 6.07) is 6.08. The molecule has 1 N–H and O–H groups in total. The van der Waals surface area contributed by atoms with E-state index < -0.39 is 5.60 Å². The van der Waals surface area contributed by atoms with Gasteiger partial charge in [0.15, 0.2) is 5.82 Å². The maximum Gasteiger partial charge on any atom is 0.177 e. The predicted octanol–water partition coefficient (Wildman–Crippen LogP) is 0.885. The molecule has 1 aromatic carbocycles. The average molecular weight is 250 g/mol. The molecule has 1 unspecified atom stereocenters. The van der Waals surface area contributed by atoms with Crippen LogP contribution in [0.25, 0.3) is 0 Å². The van der Waals surface area contributed by atoms with Crippen molar-refractivity contribution in [3.8, 4) is 0 Å². The number of halogens is 1. The Morgan fingerprint density at radius 1 is 1.28 bits per heavy atom. The molecule has 0 radical (unpaired) electrons. The first-order valence-corrected chi connectivity index (χ1v) is 5.64. The van der Waals surface area contributed by atoms with Gasteiger partial charge in [-0.05, 0) is 29.8 Å². The quantitative estimate of drug-likeness (QED) is 0.875. The molecule has 2 aromatic rings. The number of hydrogen-bond donors (Lipinski definition) is 1. The summed E-state index contributed by atoms with van der Waals surface area (Å²) in [6.07, 6.45) is 0.712. The number of aryl methyl sites for hydroxylation is 1. The molecule has 2 rings (SSSR count). The van der Waals surface area contributed by atoms with Gasteiger partial charge in [-0.15, -0.1) is 10.2 Å². The van der Waals surface area contributed by atoms with Crippen LogP contribution >= 0.6 is 0 Å². The fraction of sp³-hybridized carbons (Fsp3) is 0.417. The van der Waals surface area contributed by atoms with Gasteiger partial charge in [-0.3, -0.25) is 0 Å². The summed E-state index contributed by atoms with van der Waals surface area (Å²) >= 11 is 0. The number of benzene rings is 1. The van der Waals surface area contributed by atoms with Crippen LogP contribution in [0.5, 0.6) is 0 Å². The van der Waals surface area contributed by atoms with Crippen LogP contribution in [-0.4, -0.2) is 30.9 Å². The van der Waals surface area contributed by atoms with Gasteiger partial charge in [0.25, 0.3) is 0 Å². The minimum Gasteiger partial charge on any atom is -0.389 e. The zero-order valence-electron chi connectivity index (χ0n) is 10.3. The van der Waals surface area contributed by atoms with Crippen molar-refractivity contribution in [2.24, 2.45) is 7.05 Å². The Balaban J connectivity index is 2.04. The van der Waals surface area contributed by atoms with Crippen molar-refractivity contribution in [2.45, 2.75) is 25.4 Å². The van der Waals surface area contributed by atoms with Crippen LogP contribution in [0.3, 0.4) is 0 Å². The van der Waals surface area contributed by atoms with Gasteiger partial charge in [0.05, 0.1) is 12.6 Å². The Labute approximate surface area is 104 Å². The summed E-state index contributed by atoms with van der Waals surface area (Å²) in [4.78, 5) is 1.35. The first-order valence-electron chi connectivity index (χ1n) is 5.64. The van der Waals surface area contributed by atoms with Crippen molar-refractivity contribution in [3.05, 3.63) is 41.5 Å². The molecule has 1 aromatic heterocycles. The Kier molecular flexibility index (Phi) is 3.38. The van der Waals surface area contributed by atoms with Crippen molar-refractivity contribution < 1.29 is 9.50 Å². The highest BCUT2D eigenvalue weighted by Gasteiger charge is 2.24. The highest BCUT2D eigenvalue weighted by atomic mass is 19.1. The summed E-state index contributed by atoms with van der Waals surface area (Å²) in [5, 5.41) is 21.9.